The zero-order chi connectivity index (χ0) is 18.0. The number of pyridine rings is 1. The Morgan fingerprint density at radius 2 is 1.76 bits per heavy atom. The summed E-state index contributed by atoms with van der Waals surface area (Å²) in [5, 5.41) is 2.98. The monoisotopic (exact) mass is 372 g/mol. The van der Waals surface area contributed by atoms with Crippen LogP contribution in [0.1, 0.15) is 24.3 Å². The summed E-state index contributed by atoms with van der Waals surface area (Å²) in [4.78, 5) is 19.2. The number of nitrogens with zero attached hydrogens (tertiary/aromatic N) is 2. The van der Waals surface area contributed by atoms with E-state index in [0.717, 1.165) is 16.3 Å². The third kappa shape index (κ3) is 3.48. The van der Waals surface area contributed by atoms with E-state index >= 15 is 0 Å². The molecule has 0 aliphatic rings. The number of hydrogen-bond acceptors (Lipinski definition) is 2. The highest BCUT2D eigenvalue weighted by Gasteiger charge is 2.18. The third-order valence-electron chi connectivity index (χ3n) is 4.19. The topological polar surface area (TPSA) is 33.2 Å². The fourth-order valence-corrected chi connectivity index (χ4v) is 3.26. The Labute approximate surface area is 157 Å². The molecule has 0 atom stereocenters. The number of hydrogen-bond donors (Lipinski definition) is 0. The van der Waals surface area contributed by atoms with Gasteiger partial charge in [-0.25, -0.2) is 4.98 Å². The molecule has 2 aromatic carbocycles. The lowest BCUT2D eigenvalue weighted by atomic mass is 10.0. The van der Waals surface area contributed by atoms with Gasteiger partial charge >= 0.3 is 0 Å². The number of carbonyl (C=O) groups excluding carboxylic acids is 1. The van der Waals surface area contributed by atoms with Crippen LogP contribution in [-0.4, -0.2) is 28.9 Å². The Hall–Kier alpha value is -2.10. The van der Waals surface area contributed by atoms with E-state index in [2.05, 4.69) is 4.98 Å². The van der Waals surface area contributed by atoms with Gasteiger partial charge in [-0.2, -0.15) is 0 Å². The van der Waals surface area contributed by atoms with Gasteiger partial charge in [0.05, 0.1) is 5.69 Å². The van der Waals surface area contributed by atoms with Gasteiger partial charge in [0.25, 0.3) is 5.91 Å². The van der Waals surface area contributed by atoms with Crippen LogP contribution in [0.4, 0.5) is 0 Å². The van der Waals surface area contributed by atoms with Crippen LogP contribution in [0.3, 0.4) is 0 Å². The summed E-state index contributed by atoms with van der Waals surface area (Å²) in [5.41, 5.74) is 1.86. The molecule has 0 N–H and O–H groups in total. The number of benzene rings is 2. The van der Waals surface area contributed by atoms with Gasteiger partial charge in [-0.1, -0.05) is 47.5 Å². The lowest BCUT2D eigenvalue weighted by Crippen LogP contribution is -2.31. The molecule has 3 nitrogen and oxygen atoms in total. The molecule has 0 aliphatic carbocycles. The Morgan fingerprint density at radius 1 is 1.04 bits per heavy atom. The summed E-state index contributed by atoms with van der Waals surface area (Å²) < 4.78 is 0. The molecule has 0 bridgehead atoms. The van der Waals surface area contributed by atoms with E-state index in [-0.39, 0.29) is 5.91 Å². The maximum absolute atomic E-state index is 12.8. The van der Waals surface area contributed by atoms with Crippen molar-refractivity contribution in [3.63, 3.8) is 0 Å². The number of fused-ring (bicyclic) bond motifs is 1. The van der Waals surface area contributed by atoms with Crippen LogP contribution >= 0.6 is 23.2 Å². The maximum atomic E-state index is 12.8. The van der Waals surface area contributed by atoms with E-state index < -0.39 is 0 Å². The van der Waals surface area contributed by atoms with Crippen molar-refractivity contribution >= 4 is 39.9 Å². The molecule has 0 saturated heterocycles. The average Bonchev–Trinajstić information content (AvgIpc) is 2.62. The molecule has 3 rings (SSSR count). The van der Waals surface area contributed by atoms with E-state index in [1.807, 2.05) is 62.4 Å². The molecule has 0 aliphatic heterocycles. The van der Waals surface area contributed by atoms with Crippen LogP contribution in [0, 0.1) is 0 Å². The molecule has 1 aromatic heterocycles. The average molecular weight is 373 g/mol. The van der Waals surface area contributed by atoms with Gasteiger partial charge in [0.15, 0.2) is 0 Å². The predicted molar refractivity (Wildman–Crippen MR) is 104 cm³/mol. The Morgan fingerprint density at radius 3 is 2.44 bits per heavy atom. The highest BCUT2D eigenvalue weighted by atomic mass is 35.5. The zero-order valence-electron chi connectivity index (χ0n) is 14.1. The molecule has 5 heteroatoms. The van der Waals surface area contributed by atoms with Crippen molar-refractivity contribution in [2.45, 2.75) is 13.8 Å². The minimum absolute atomic E-state index is 0.0878. The second-order valence-corrected chi connectivity index (χ2v) is 6.52. The Bertz CT molecular complexity index is 936. The molecular weight excluding hydrogens is 355 g/mol. The quantitative estimate of drug-likeness (QED) is 0.589. The van der Waals surface area contributed by atoms with Crippen molar-refractivity contribution in [3.05, 3.63) is 64.3 Å². The number of rotatable bonds is 4. The molecule has 1 heterocycles. The number of carbonyl (C=O) groups is 1. The van der Waals surface area contributed by atoms with Crippen LogP contribution in [0.5, 0.6) is 0 Å². The second-order valence-electron chi connectivity index (χ2n) is 5.68. The number of aromatic nitrogens is 1. The van der Waals surface area contributed by atoms with Gasteiger partial charge in [-0.05, 0) is 43.5 Å². The van der Waals surface area contributed by atoms with Crippen molar-refractivity contribution in [2.75, 3.05) is 13.1 Å². The zero-order valence-corrected chi connectivity index (χ0v) is 15.6. The highest BCUT2D eigenvalue weighted by molar-refractivity contribution is 6.34. The van der Waals surface area contributed by atoms with E-state index in [1.54, 1.807) is 4.90 Å². The molecule has 3 aromatic rings. The lowest BCUT2D eigenvalue weighted by Gasteiger charge is -2.19. The van der Waals surface area contributed by atoms with Crippen molar-refractivity contribution in [1.82, 2.24) is 9.88 Å². The first-order chi connectivity index (χ1) is 12.0. The van der Waals surface area contributed by atoms with Crippen LogP contribution in [-0.2, 0) is 0 Å². The van der Waals surface area contributed by atoms with Crippen LogP contribution in [0.2, 0.25) is 10.0 Å². The van der Waals surface area contributed by atoms with Crippen LogP contribution in [0.25, 0.3) is 22.0 Å². The largest absolute Gasteiger partial charge is 0.338 e. The molecule has 0 radical (unpaired) electrons. The normalized spacial score (nSPS) is 10.9. The minimum Gasteiger partial charge on any atom is -0.338 e. The van der Waals surface area contributed by atoms with Gasteiger partial charge < -0.3 is 4.90 Å². The molecule has 0 fully saturated rings. The summed E-state index contributed by atoms with van der Waals surface area (Å²) in [6, 6.07) is 14.9. The highest BCUT2D eigenvalue weighted by Crippen LogP contribution is 2.34. The van der Waals surface area contributed by atoms with Crippen LogP contribution < -0.4 is 0 Å². The number of halogens is 2. The smallest absolute Gasteiger partial charge is 0.272 e. The van der Waals surface area contributed by atoms with Crippen molar-refractivity contribution in [2.24, 2.45) is 0 Å². The summed E-state index contributed by atoms with van der Waals surface area (Å²) in [7, 11) is 0. The first-order valence-electron chi connectivity index (χ1n) is 8.19. The summed E-state index contributed by atoms with van der Waals surface area (Å²) in [6.07, 6.45) is 0. The van der Waals surface area contributed by atoms with Crippen LogP contribution in [0.15, 0.2) is 48.5 Å². The van der Waals surface area contributed by atoms with E-state index in [1.165, 1.54) is 0 Å². The van der Waals surface area contributed by atoms with E-state index in [4.69, 9.17) is 23.2 Å². The molecule has 1 amide bonds. The molecular formula is C20H18Cl2N2O. The third-order valence-corrected chi connectivity index (χ3v) is 4.76. The summed E-state index contributed by atoms with van der Waals surface area (Å²) in [5.74, 6) is -0.0878. The summed E-state index contributed by atoms with van der Waals surface area (Å²) in [6.45, 7) is 5.18. The lowest BCUT2D eigenvalue weighted by molar-refractivity contribution is 0.0767. The van der Waals surface area contributed by atoms with E-state index in [0.29, 0.717) is 34.5 Å². The van der Waals surface area contributed by atoms with Gasteiger partial charge in [0.2, 0.25) is 0 Å². The second kappa shape index (κ2) is 7.42. The molecule has 0 unspecified atom stereocenters. The van der Waals surface area contributed by atoms with Crippen molar-refractivity contribution in [1.29, 1.82) is 0 Å². The van der Waals surface area contributed by atoms with Gasteiger partial charge in [0.1, 0.15) is 5.69 Å². The number of amides is 1. The standard InChI is InChI=1S/C20H18Cl2N2O/c1-3-24(4-2)20(25)18-11-13-9-10-14(21)12-16(13)19(23-18)15-7-5-6-8-17(15)22/h5-12H,3-4H2,1-2H3. The fraction of sp³-hybridized carbons (Fsp3) is 0.200. The maximum Gasteiger partial charge on any atom is 0.272 e. The Balaban J connectivity index is 2.28. The minimum atomic E-state index is -0.0878. The fourth-order valence-electron chi connectivity index (χ4n) is 2.86. The SMILES string of the molecule is CCN(CC)C(=O)c1cc2ccc(Cl)cc2c(-c2ccccc2Cl)n1. The van der Waals surface area contributed by atoms with Crippen molar-refractivity contribution in [3.8, 4) is 11.3 Å². The molecule has 128 valence electrons. The summed E-state index contributed by atoms with van der Waals surface area (Å²) >= 11 is 12.6. The predicted octanol–water partition coefficient (Wildman–Crippen LogP) is 5.69. The van der Waals surface area contributed by atoms with Crippen molar-refractivity contribution < 1.29 is 4.79 Å². The van der Waals surface area contributed by atoms with Gasteiger partial charge in [-0.15, -0.1) is 0 Å². The van der Waals surface area contributed by atoms with E-state index in [9.17, 15) is 4.79 Å². The first kappa shape index (κ1) is 17.7. The van der Waals surface area contributed by atoms with Gasteiger partial charge in [-0.3, -0.25) is 4.79 Å². The first-order valence-corrected chi connectivity index (χ1v) is 8.95. The van der Waals surface area contributed by atoms with Gasteiger partial charge in [0, 0.05) is 34.1 Å². The Kier molecular flexibility index (Phi) is 5.26. The molecule has 0 spiro atoms. The molecule has 25 heavy (non-hydrogen) atoms. The molecule has 0 saturated carbocycles.